The third kappa shape index (κ3) is 6.04. The van der Waals surface area contributed by atoms with Gasteiger partial charge in [0.05, 0.1) is 11.5 Å². The first kappa shape index (κ1) is 20.9. The molecule has 0 spiro atoms. The van der Waals surface area contributed by atoms with Crippen LogP contribution in [0, 0.1) is 12.7 Å². The quantitative estimate of drug-likeness (QED) is 0.641. The van der Waals surface area contributed by atoms with E-state index in [0.717, 1.165) is 0 Å². The summed E-state index contributed by atoms with van der Waals surface area (Å²) in [6.07, 6.45) is 1.41. The van der Waals surface area contributed by atoms with Crippen LogP contribution in [-0.4, -0.2) is 34.5 Å². The van der Waals surface area contributed by atoms with E-state index < -0.39 is 10.0 Å². The number of amides is 1. The average Bonchev–Trinajstić information content (AvgIpc) is 2.66. The van der Waals surface area contributed by atoms with Gasteiger partial charge in [-0.25, -0.2) is 17.5 Å². The molecule has 146 valence electrons. The van der Waals surface area contributed by atoms with Gasteiger partial charge in [-0.15, -0.1) is 0 Å². The molecule has 0 unspecified atom stereocenters. The van der Waals surface area contributed by atoms with Crippen molar-refractivity contribution in [3.8, 4) is 5.75 Å². The second-order valence-corrected chi connectivity index (χ2v) is 7.84. The van der Waals surface area contributed by atoms with Crippen LogP contribution in [0.5, 0.6) is 5.75 Å². The van der Waals surface area contributed by atoms with Crippen LogP contribution >= 0.6 is 0 Å². The fraction of sp³-hybridized carbons (Fsp3) is 0.316. The molecule has 27 heavy (non-hydrogen) atoms. The van der Waals surface area contributed by atoms with E-state index in [1.807, 2.05) is 0 Å². The Morgan fingerprint density at radius 3 is 2.48 bits per heavy atom. The Balaban J connectivity index is 1.80. The smallest absolute Gasteiger partial charge is 0.251 e. The first-order valence-corrected chi connectivity index (χ1v) is 10.0. The number of benzene rings is 2. The van der Waals surface area contributed by atoms with E-state index in [0.29, 0.717) is 42.9 Å². The van der Waals surface area contributed by atoms with E-state index in [9.17, 15) is 17.6 Å². The molecule has 8 heteroatoms. The summed E-state index contributed by atoms with van der Waals surface area (Å²) in [6.45, 7) is 2.64. The molecule has 2 N–H and O–H groups in total. The Labute approximate surface area is 158 Å². The Bertz CT molecular complexity index is 883. The lowest BCUT2D eigenvalue weighted by Gasteiger charge is -2.10. The highest BCUT2D eigenvalue weighted by Crippen LogP contribution is 2.15. The number of carbonyl (C=O) groups excluding carboxylic acids is 1. The van der Waals surface area contributed by atoms with Gasteiger partial charge < -0.3 is 10.1 Å². The lowest BCUT2D eigenvalue weighted by Crippen LogP contribution is -2.26. The predicted molar refractivity (Wildman–Crippen MR) is 101 cm³/mol. The van der Waals surface area contributed by atoms with E-state index in [2.05, 4.69) is 10.0 Å². The predicted octanol–water partition coefficient (Wildman–Crippen LogP) is 2.63. The highest BCUT2D eigenvalue weighted by Gasteiger charge is 2.16. The highest BCUT2D eigenvalue weighted by atomic mass is 32.2. The molecule has 6 nitrogen and oxygen atoms in total. The standard InChI is InChI=1S/C19H23FN2O4S/c1-14-5-10-17(27(24,25)21-2)13-18(14)19(23)22-11-3-4-12-26-16-8-6-15(20)7-9-16/h5-10,13,21H,3-4,11-12H2,1-2H3,(H,22,23). The number of halogens is 1. The van der Waals surface area contributed by atoms with Crippen molar-refractivity contribution in [2.45, 2.75) is 24.7 Å². The number of rotatable bonds is 9. The Kier molecular flexibility index (Phi) is 7.32. The van der Waals surface area contributed by atoms with Crippen LogP contribution in [0.25, 0.3) is 0 Å². The largest absolute Gasteiger partial charge is 0.494 e. The highest BCUT2D eigenvalue weighted by molar-refractivity contribution is 7.89. The van der Waals surface area contributed by atoms with Gasteiger partial charge in [0.25, 0.3) is 5.91 Å². The van der Waals surface area contributed by atoms with Gasteiger partial charge in [0.1, 0.15) is 11.6 Å². The molecule has 2 rings (SSSR count). The molecule has 0 aliphatic rings. The molecule has 0 heterocycles. The van der Waals surface area contributed by atoms with E-state index in [-0.39, 0.29) is 16.6 Å². The minimum atomic E-state index is -3.60. The van der Waals surface area contributed by atoms with Crippen molar-refractivity contribution >= 4 is 15.9 Å². The summed E-state index contributed by atoms with van der Waals surface area (Å²) in [5.74, 6) is -0.0364. The molecule has 0 aliphatic heterocycles. The first-order valence-electron chi connectivity index (χ1n) is 8.54. The molecule has 0 saturated heterocycles. The van der Waals surface area contributed by atoms with Crippen molar-refractivity contribution in [3.63, 3.8) is 0 Å². The summed E-state index contributed by atoms with van der Waals surface area (Å²) in [6, 6.07) is 10.2. The normalized spacial score (nSPS) is 11.2. The summed E-state index contributed by atoms with van der Waals surface area (Å²) >= 11 is 0. The van der Waals surface area contributed by atoms with Gasteiger partial charge in [0.2, 0.25) is 10.0 Å². The van der Waals surface area contributed by atoms with Gasteiger partial charge in [-0.3, -0.25) is 4.79 Å². The Morgan fingerprint density at radius 1 is 1.11 bits per heavy atom. The molecule has 0 fully saturated rings. The van der Waals surface area contributed by atoms with Gasteiger partial charge in [0.15, 0.2) is 0 Å². The lowest BCUT2D eigenvalue weighted by atomic mass is 10.1. The van der Waals surface area contributed by atoms with Gasteiger partial charge in [0, 0.05) is 12.1 Å². The van der Waals surface area contributed by atoms with Gasteiger partial charge in [-0.2, -0.15) is 0 Å². The zero-order valence-corrected chi connectivity index (χ0v) is 16.1. The number of nitrogens with one attached hydrogen (secondary N) is 2. The summed E-state index contributed by atoms with van der Waals surface area (Å²) in [4.78, 5) is 12.4. The number of ether oxygens (including phenoxy) is 1. The summed E-state index contributed by atoms with van der Waals surface area (Å²) in [5.41, 5.74) is 1.02. The van der Waals surface area contributed by atoms with E-state index in [1.54, 1.807) is 25.1 Å². The maximum absolute atomic E-state index is 12.8. The summed E-state index contributed by atoms with van der Waals surface area (Å²) < 4.78 is 44.3. The zero-order valence-electron chi connectivity index (χ0n) is 15.3. The third-order valence-electron chi connectivity index (χ3n) is 3.97. The van der Waals surface area contributed by atoms with Crippen molar-refractivity contribution < 1.29 is 22.3 Å². The zero-order chi connectivity index (χ0) is 19.9. The Hall–Kier alpha value is -2.45. The van der Waals surface area contributed by atoms with Crippen molar-refractivity contribution in [2.75, 3.05) is 20.2 Å². The fourth-order valence-corrected chi connectivity index (χ4v) is 3.13. The number of hydrogen-bond donors (Lipinski definition) is 2. The topological polar surface area (TPSA) is 84.5 Å². The van der Waals surface area contributed by atoms with Crippen LogP contribution in [-0.2, 0) is 10.0 Å². The van der Waals surface area contributed by atoms with Crippen molar-refractivity contribution in [1.29, 1.82) is 0 Å². The molecule has 0 aromatic heterocycles. The van der Waals surface area contributed by atoms with Crippen LogP contribution < -0.4 is 14.8 Å². The second-order valence-electron chi connectivity index (χ2n) is 5.95. The molecular formula is C19H23FN2O4S. The van der Waals surface area contributed by atoms with Crippen LogP contribution in [0.3, 0.4) is 0 Å². The third-order valence-corrected chi connectivity index (χ3v) is 5.38. The van der Waals surface area contributed by atoms with Crippen LogP contribution in [0.1, 0.15) is 28.8 Å². The average molecular weight is 394 g/mol. The molecule has 2 aromatic rings. The van der Waals surface area contributed by atoms with E-state index in [1.165, 1.54) is 31.3 Å². The summed E-state index contributed by atoms with van der Waals surface area (Å²) in [5, 5.41) is 2.78. The fourth-order valence-electron chi connectivity index (χ4n) is 2.38. The maximum atomic E-state index is 12.8. The second kappa shape index (κ2) is 9.48. The Morgan fingerprint density at radius 2 is 1.81 bits per heavy atom. The van der Waals surface area contributed by atoms with E-state index in [4.69, 9.17) is 4.74 Å². The van der Waals surface area contributed by atoms with Gasteiger partial charge in [-0.1, -0.05) is 6.07 Å². The van der Waals surface area contributed by atoms with Crippen LogP contribution in [0.4, 0.5) is 4.39 Å². The molecular weight excluding hydrogens is 371 g/mol. The number of unbranched alkanes of at least 4 members (excludes halogenated alkanes) is 1. The van der Waals surface area contributed by atoms with Crippen molar-refractivity contribution in [1.82, 2.24) is 10.0 Å². The van der Waals surface area contributed by atoms with Crippen molar-refractivity contribution in [3.05, 3.63) is 59.4 Å². The maximum Gasteiger partial charge on any atom is 0.251 e. The lowest BCUT2D eigenvalue weighted by molar-refractivity contribution is 0.0951. The molecule has 0 saturated carbocycles. The number of aryl methyl sites for hydroxylation is 1. The first-order chi connectivity index (χ1) is 12.8. The van der Waals surface area contributed by atoms with Gasteiger partial charge in [-0.05, 0) is 68.8 Å². The minimum Gasteiger partial charge on any atom is -0.494 e. The SMILES string of the molecule is CNS(=O)(=O)c1ccc(C)c(C(=O)NCCCCOc2ccc(F)cc2)c1. The molecule has 0 aliphatic carbocycles. The number of carbonyl (C=O) groups is 1. The summed E-state index contributed by atoms with van der Waals surface area (Å²) in [7, 11) is -2.28. The van der Waals surface area contributed by atoms with Crippen LogP contribution in [0.15, 0.2) is 47.4 Å². The van der Waals surface area contributed by atoms with Crippen molar-refractivity contribution in [2.24, 2.45) is 0 Å². The molecule has 1 amide bonds. The minimum absolute atomic E-state index is 0.0495. The molecule has 0 bridgehead atoms. The molecule has 0 radical (unpaired) electrons. The number of sulfonamides is 1. The van der Waals surface area contributed by atoms with Gasteiger partial charge >= 0.3 is 0 Å². The van der Waals surface area contributed by atoms with E-state index >= 15 is 0 Å². The monoisotopic (exact) mass is 394 g/mol. The molecule has 0 atom stereocenters. The van der Waals surface area contributed by atoms with Crippen LogP contribution in [0.2, 0.25) is 0 Å². The molecule has 2 aromatic carbocycles. The number of hydrogen-bond acceptors (Lipinski definition) is 4.